The van der Waals surface area contributed by atoms with Crippen molar-refractivity contribution in [2.24, 2.45) is 0 Å². The largest absolute Gasteiger partial charge is 0.346 e. The minimum Gasteiger partial charge on any atom is -0.346 e. The number of aryl methyl sites for hydroxylation is 1. The summed E-state index contributed by atoms with van der Waals surface area (Å²) in [6.07, 6.45) is 0. The Hall–Kier alpha value is -4.34. The lowest BCUT2D eigenvalue weighted by Gasteiger charge is -2.07. The van der Waals surface area contributed by atoms with Gasteiger partial charge in [0.1, 0.15) is 0 Å². The highest BCUT2D eigenvalue weighted by Crippen LogP contribution is 2.20. The molecule has 0 unspecified atom stereocenters. The smallest absolute Gasteiger partial charge is 0.274 e. The molecule has 0 aliphatic carbocycles. The maximum atomic E-state index is 12.8. The summed E-state index contributed by atoms with van der Waals surface area (Å²) < 4.78 is 3.26. The number of aromatic nitrogens is 5. The zero-order chi connectivity index (χ0) is 22.8. The Morgan fingerprint density at radius 3 is 2.44 bits per heavy atom. The number of hydrogen-bond acceptors (Lipinski definition) is 6. The van der Waals surface area contributed by atoms with Crippen molar-refractivity contribution in [1.82, 2.24) is 30.1 Å². The first-order valence-corrected chi connectivity index (χ1v) is 9.92. The molecule has 0 spiro atoms. The summed E-state index contributed by atoms with van der Waals surface area (Å²) in [5, 5.41) is 26.5. The van der Waals surface area contributed by atoms with Gasteiger partial charge in [-0.1, -0.05) is 29.5 Å². The molecular weight excluding hydrogens is 410 g/mol. The van der Waals surface area contributed by atoms with Gasteiger partial charge in [0, 0.05) is 29.9 Å². The van der Waals surface area contributed by atoms with Crippen molar-refractivity contribution in [1.29, 1.82) is 0 Å². The van der Waals surface area contributed by atoms with Crippen LogP contribution in [0.2, 0.25) is 0 Å². The molecule has 162 valence electrons. The van der Waals surface area contributed by atoms with Crippen molar-refractivity contribution >= 4 is 11.6 Å². The molecule has 10 nitrogen and oxygen atoms in total. The summed E-state index contributed by atoms with van der Waals surface area (Å²) >= 11 is 0. The van der Waals surface area contributed by atoms with Crippen molar-refractivity contribution in [2.45, 2.75) is 27.3 Å². The second-order valence-corrected chi connectivity index (χ2v) is 7.29. The zero-order valence-electron chi connectivity index (χ0n) is 17.8. The van der Waals surface area contributed by atoms with Gasteiger partial charge in [-0.2, -0.15) is 5.10 Å². The van der Waals surface area contributed by atoms with E-state index in [4.69, 9.17) is 0 Å². The number of carbonyl (C=O) groups is 1. The molecule has 4 rings (SSSR count). The van der Waals surface area contributed by atoms with Gasteiger partial charge in [0.25, 0.3) is 11.6 Å². The van der Waals surface area contributed by atoms with Crippen LogP contribution in [0.15, 0.2) is 54.6 Å². The number of rotatable bonds is 6. The van der Waals surface area contributed by atoms with Crippen LogP contribution in [-0.2, 0) is 6.54 Å². The van der Waals surface area contributed by atoms with Crippen LogP contribution in [0.25, 0.3) is 11.4 Å². The van der Waals surface area contributed by atoms with Crippen LogP contribution in [0.3, 0.4) is 0 Å². The molecule has 0 saturated heterocycles. The second-order valence-electron chi connectivity index (χ2n) is 7.29. The highest BCUT2D eigenvalue weighted by molar-refractivity contribution is 5.93. The third-order valence-corrected chi connectivity index (χ3v) is 5.26. The van der Waals surface area contributed by atoms with Crippen LogP contribution in [-0.4, -0.2) is 35.6 Å². The predicted octanol–water partition coefficient (Wildman–Crippen LogP) is 3.22. The molecule has 2 heterocycles. The van der Waals surface area contributed by atoms with E-state index in [0.717, 1.165) is 22.6 Å². The highest BCUT2D eigenvalue weighted by atomic mass is 16.6. The van der Waals surface area contributed by atoms with Gasteiger partial charge in [-0.3, -0.25) is 14.9 Å². The Labute approximate surface area is 183 Å². The first-order valence-electron chi connectivity index (χ1n) is 9.92. The van der Waals surface area contributed by atoms with Crippen LogP contribution in [0.5, 0.6) is 0 Å². The van der Waals surface area contributed by atoms with Crippen LogP contribution in [0.1, 0.15) is 33.1 Å². The molecule has 0 radical (unpaired) electrons. The van der Waals surface area contributed by atoms with Gasteiger partial charge in [0.2, 0.25) is 0 Å². The SMILES string of the molecule is Cc1nn(-c2ccccc2)c(C)c1CNC(=O)c1nnn(-c2cccc([N+](=O)[O-])c2)c1C. The molecular formula is C22H21N7O3. The van der Waals surface area contributed by atoms with E-state index < -0.39 is 4.92 Å². The summed E-state index contributed by atoms with van der Waals surface area (Å²) in [5.74, 6) is -0.384. The Morgan fingerprint density at radius 1 is 1.00 bits per heavy atom. The zero-order valence-corrected chi connectivity index (χ0v) is 17.8. The van der Waals surface area contributed by atoms with Gasteiger partial charge >= 0.3 is 0 Å². The summed E-state index contributed by atoms with van der Waals surface area (Å²) in [4.78, 5) is 23.4. The number of nitro benzene ring substituents is 1. The van der Waals surface area contributed by atoms with E-state index in [0.29, 0.717) is 11.4 Å². The quantitative estimate of drug-likeness (QED) is 0.370. The van der Waals surface area contributed by atoms with Crippen molar-refractivity contribution in [3.63, 3.8) is 0 Å². The lowest BCUT2D eigenvalue weighted by Crippen LogP contribution is -2.24. The van der Waals surface area contributed by atoms with Gasteiger partial charge in [-0.25, -0.2) is 9.36 Å². The number of nitro groups is 1. The summed E-state index contributed by atoms with van der Waals surface area (Å²) in [7, 11) is 0. The molecule has 0 fully saturated rings. The molecule has 2 aromatic heterocycles. The number of non-ortho nitro benzene ring substituents is 1. The minimum absolute atomic E-state index is 0.0650. The summed E-state index contributed by atoms with van der Waals surface area (Å²) in [6, 6.07) is 15.8. The predicted molar refractivity (Wildman–Crippen MR) is 117 cm³/mol. The first kappa shape index (κ1) is 20.9. The number of hydrogen-bond donors (Lipinski definition) is 1. The highest BCUT2D eigenvalue weighted by Gasteiger charge is 2.20. The van der Waals surface area contributed by atoms with Crippen LogP contribution in [0.4, 0.5) is 5.69 Å². The van der Waals surface area contributed by atoms with Gasteiger partial charge in [-0.15, -0.1) is 5.10 Å². The Kier molecular flexibility index (Phi) is 5.50. The normalized spacial score (nSPS) is 10.8. The third-order valence-electron chi connectivity index (χ3n) is 5.26. The molecule has 0 saturated carbocycles. The molecule has 0 bridgehead atoms. The van der Waals surface area contributed by atoms with Crippen LogP contribution < -0.4 is 5.32 Å². The lowest BCUT2D eigenvalue weighted by molar-refractivity contribution is -0.384. The fourth-order valence-electron chi connectivity index (χ4n) is 3.53. The Balaban J connectivity index is 1.53. The molecule has 1 N–H and O–H groups in total. The van der Waals surface area contributed by atoms with Crippen molar-refractivity contribution in [3.8, 4) is 11.4 Å². The lowest BCUT2D eigenvalue weighted by atomic mass is 10.2. The molecule has 4 aromatic rings. The second kappa shape index (κ2) is 8.42. The Bertz CT molecular complexity index is 1310. The first-order chi connectivity index (χ1) is 15.4. The van der Waals surface area contributed by atoms with Crippen LogP contribution >= 0.6 is 0 Å². The van der Waals surface area contributed by atoms with Gasteiger partial charge in [-0.05, 0) is 39.0 Å². The van der Waals surface area contributed by atoms with E-state index >= 15 is 0 Å². The molecule has 10 heteroatoms. The van der Waals surface area contributed by atoms with E-state index in [1.165, 1.54) is 16.8 Å². The van der Waals surface area contributed by atoms with E-state index in [1.54, 1.807) is 19.1 Å². The monoisotopic (exact) mass is 431 g/mol. The van der Waals surface area contributed by atoms with E-state index in [9.17, 15) is 14.9 Å². The number of nitrogens with zero attached hydrogens (tertiary/aromatic N) is 6. The number of para-hydroxylation sites is 1. The number of amides is 1. The topological polar surface area (TPSA) is 121 Å². The number of benzene rings is 2. The van der Waals surface area contributed by atoms with Crippen molar-refractivity contribution in [2.75, 3.05) is 0 Å². The molecule has 2 aromatic carbocycles. The number of carbonyl (C=O) groups excluding carboxylic acids is 1. The minimum atomic E-state index is -0.482. The molecule has 1 amide bonds. The van der Waals surface area contributed by atoms with E-state index in [2.05, 4.69) is 20.7 Å². The van der Waals surface area contributed by atoms with Gasteiger partial charge < -0.3 is 5.32 Å². The fourth-order valence-corrected chi connectivity index (χ4v) is 3.53. The van der Waals surface area contributed by atoms with Crippen LogP contribution in [0, 0.1) is 30.9 Å². The maximum absolute atomic E-state index is 12.8. The van der Waals surface area contributed by atoms with Gasteiger partial charge in [0.05, 0.1) is 27.7 Å². The standard InChI is InChI=1S/C22H21N7O3/c1-14-20(15(2)27(25-14)17-8-5-4-6-9-17)13-23-22(30)21-16(3)28(26-24-21)18-10-7-11-19(12-18)29(31)32/h4-12H,13H2,1-3H3,(H,23,30). The van der Waals surface area contributed by atoms with Crippen molar-refractivity contribution in [3.05, 3.63) is 93.1 Å². The average molecular weight is 431 g/mol. The molecule has 32 heavy (non-hydrogen) atoms. The third kappa shape index (κ3) is 3.85. The molecule has 0 aliphatic heterocycles. The molecule has 0 aliphatic rings. The van der Waals surface area contributed by atoms with E-state index in [1.807, 2.05) is 48.9 Å². The van der Waals surface area contributed by atoms with Crippen molar-refractivity contribution < 1.29 is 9.72 Å². The van der Waals surface area contributed by atoms with E-state index in [-0.39, 0.29) is 23.8 Å². The Morgan fingerprint density at radius 2 is 1.72 bits per heavy atom. The molecule has 0 atom stereocenters. The number of nitrogens with one attached hydrogen (secondary N) is 1. The summed E-state index contributed by atoms with van der Waals surface area (Å²) in [5.41, 5.74) is 4.66. The maximum Gasteiger partial charge on any atom is 0.274 e. The van der Waals surface area contributed by atoms with Gasteiger partial charge in [0.15, 0.2) is 5.69 Å². The fraction of sp³-hybridized carbons (Fsp3) is 0.182. The average Bonchev–Trinajstić information content (AvgIpc) is 3.32. The summed E-state index contributed by atoms with van der Waals surface area (Å²) in [6.45, 7) is 5.83.